The molecule has 2 rings (SSSR count). The summed E-state index contributed by atoms with van der Waals surface area (Å²) in [6, 6.07) is 6.99. The minimum atomic E-state index is -4.46. The number of hydrogen-bond donors (Lipinski definition) is 1. The van der Waals surface area contributed by atoms with Crippen molar-refractivity contribution in [1.29, 1.82) is 0 Å². The number of aromatic nitrogens is 1. The molecule has 1 aromatic carbocycles. The summed E-state index contributed by atoms with van der Waals surface area (Å²) in [6.45, 7) is 5.15. The van der Waals surface area contributed by atoms with E-state index in [-0.39, 0.29) is 0 Å². The van der Waals surface area contributed by atoms with Crippen molar-refractivity contribution in [3.8, 4) is 0 Å². The molecular weight excluding hydrogens is 413 g/mol. The summed E-state index contributed by atoms with van der Waals surface area (Å²) in [6.07, 6.45) is -4.14. The van der Waals surface area contributed by atoms with Gasteiger partial charge >= 0.3 is 12.3 Å². The number of amides is 1. The first-order chi connectivity index (χ1) is 11.9. The Morgan fingerprint density at radius 2 is 1.73 bits per heavy atom. The molecule has 1 aromatic heterocycles. The number of carboxylic acid groups (broad SMARTS) is 1. The van der Waals surface area contributed by atoms with E-state index >= 15 is 0 Å². The van der Waals surface area contributed by atoms with Crippen LogP contribution in [0.15, 0.2) is 47.1 Å². The Labute approximate surface area is 157 Å². The highest BCUT2D eigenvalue weighted by molar-refractivity contribution is 9.10. The molecule has 0 aliphatic carbocycles. The molecule has 1 heterocycles. The lowest BCUT2D eigenvalue weighted by Crippen LogP contribution is -2.47. The van der Waals surface area contributed by atoms with Crippen molar-refractivity contribution in [2.75, 3.05) is 0 Å². The van der Waals surface area contributed by atoms with Gasteiger partial charge in [0.25, 0.3) is 0 Å². The van der Waals surface area contributed by atoms with Crippen LogP contribution in [0.2, 0.25) is 0 Å². The quantitative estimate of drug-likeness (QED) is 0.676. The van der Waals surface area contributed by atoms with Crippen LogP contribution in [-0.4, -0.2) is 26.6 Å². The average molecular weight is 431 g/mol. The topological polar surface area (TPSA) is 53.4 Å². The number of alkyl halides is 3. The Morgan fingerprint density at radius 1 is 1.15 bits per heavy atom. The Kier molecular flexibility index (Phi) is 5.65. The standard InChI is InChI=1S/C18H18BrF3N2O2/c1-17(2,3)24(16(25)26)15(14-13(19)5-4-10-23-14)11-6-8-12(9-7-11)18(20,21)22/h4-10,15H,1-3H3,(H,25,26). The predicted molar refractivity (Wildman–Crippen MR) is 94.8 cm³/mol. The number of rotatable bonds is 3. The zero-order valence-corrected chi connectivity index (χ0v) is 16.0. The average Bonchev–Trinajstić information content (AvgIpc) is 2.51. The summed E-state index contributed by atoms with van der Waals surface area (Å²) in [4.78, 5) is 17.4. The molecule has 2 aromatic rings. The third kappa shape index (κ3) is 4.35. The number of hydrogen-bond acceptors (Lipinski definition) is 2. The summed E-state index contributed by atoms with van der Waals surface area (Å²) < 4.78 is 39.1. The van der Waals surface area contributed by atoms with Gasteiger partial charge in [0.1, 0.15) is 6.04 Å². The van der Waals surface area contributed by atoms with Gasteiger partial charge in [0.05, 0.1) is 11.3 Å². The summed E-state index contributed by atoms with van der Waals surface area (Å²) in [5.74, 6) is 0. The fourth-order valence-electron chi connectivity index (χ4n) is 2.67. The highest BCUT2D eigenvalue weighted by Crippen LogP contribution is 2.37. The first kappa shape index (κ1) is 20.2. The molecule has 0 saturated heterocycles. The monoisotopic (exact) mass is 430 g/mol. The van der Waals surface area contributed by atoms with Crippen molar-refractivity contribution < 1.29 is 23.1 Å². The van der Waals surface area contributed by atoms with Crippen molar-refractivity contribution >= 4 is 22.0 Å². The van der Waals surface area contributed by atoms with Gasteiger partial charge in [-0.3, -0.25) is 9.88 Å². The molecule has 0 aliphatic rings. The normalized spacial score (nSPS) is 13.3. The van der Waals surface area contributed by atoms with Gasteiger partial charge < -0.3 is 5.11 Å². The molecule has 0 fully saturated rings. The van der Waals surface area contributed by atoms with E-state index in [1.54, 1.807) is 32.9 Å². The molecule has 26 heavy (non-hydrogen) atoms. The fourth-order valence-corrected chi connectivity index (χ4v) is 3.14. The van der Waals surface area contributed by atoms with Crippen molar-refractivity contribution in [2.45, 2.75) is 38.5 Å². The Morgan fingerprint density at radius 3 is 2.15 bits per heavy atom. The molecular formula is C18H18BrF3N2O2. The van der Waals surface area contributed by atoms with Crippen molar-refractivity contribution in [3.63, 3.8) is 0 Å². The molecule has 140 valence electrons. The lowest BCUT2D eigenvalue weighted by molar-refractivity contribution is -0.137. The van der Waals surface area contributed by atoms with Gasteiger partial charge in [-0.05, 0) is 66.5 Å². The van der Waals surface area contributed by atoms with E-state index in [1.807, 2.05) is 0 Å². The van der Waals surface area contributed by atoms with E-state index in [9.17, 15) is 23.1 Å². The van der Waals surface area contributed by atoms with Gasteiger partial charge in [0.2, 0.25) is 0 Å². The molecule has 0 spiro atoms. The lowest BCUT2D eigenvalue weighted by atomic mass is 9.95. The van der Waals surface area contributed by atoms with Gasteiger partial charge in [-0.15, -0.1) is 0 Å². The van der Waals surface area contributed by atoms with E-state index in [0.717, 1.165) is 12.1 Å². The number of pyridine rings is 1. The maximum atomic E-state index is 12.9. The van der Waals surface area contributed by atoms with Crippen molar-refractivity contribution in [2.24, 2.45) is 0 Å². The summed E-state index contributed by atoms with van der Waals surface area (Å²) in [5.41, 5.74) is -0.798. The Bertz CT molecular complexity index is 786. The first-order valence-electron chi connectivity index (χ1n) is 7.72. The molecule has 1 amide bonds. The second kappa shape index (κ2) is 7.26. The highest BCUT2D eigenvalue weighted by atomic mass is 79.9. The molecule has 0 aliphatic heterocycles. The molecule has 0 radical (unpaired) electrons. The number of carbonyl (C=O) groups is 1. The Balaban J connectivity index is 2.65. The van der Waals surface area contributed by atoms with Crippen LogP contribution < -0.4 is 0 Å². The third-order valence-corrected chi connectivity index (χ3v) is 4.46. The summed E-state index contributed by atoms with van der Waals surface area (Å²) in [7, 11) is 0. The van der Waals surface area contributed by atoms with Gasteiger partial charge in [0, 0.05) is 16.2 Å². The highest BCUT2D eigenvalue weighted by Gasteiger charge is 2.37. The maximum Gasteiger partial charge on any atom is 0.416 e. The molecule has 0 bridgehead atoms. The van der Waals surface area contributed by atoms with Crippen LogP contribution >= 0.6 is 15.9 Å². The smallest absolute Gasteiger partial charge is 0.416 e. The molecule has 1 atom stereocenters. The van der Waals surface area contributed by atoms with Gasteiger partial charge in [-0.2, -0.15) is 13.2 Å². The molecule has 0 saturated carbocycles. The van der Waals surface area contributed by atoms with Crippen LogP contribution in [0.4, 0.5) is 18.0 Å². The maximum absolute atomic E-state index is 12.9. The van der Waals surface area contributed by atoms with Crippen LogP contribution in [0, 0.1) is 0 Å². The van der Waals surface area contributed by atoms with Crippen LogP contribution in [0.25, 0.3) is 0 Å². The molecule has 1 N–H and O–H groups in total. The second-order valence-corrected chi connectivity index (χ2v) is 7.57. The van der Waals surface area contributed by atoms with Gasteiger partial charge in [-0.1, -0.05) is 12.1 Å². The Hall–Kier alpha value is -2.09. The second-order valence-electron chi connectivity index (χ2n) is 6.72. The zero-order valence-electron chi connectivity index (χ0n) is 14.4. The molecule has 8 heteroatoms. The van der Waals surface area contributed by atoms with Crippen LogP contribution in [0.5, 0.6) is 0 Å². The minimum Gasteiger partial charge on any atom is -0.465 e. The summed E-state index contributed by atoms with van der Waals surface area (Å²) in [5, 5.41) is 9.78. The minimum absolute atomic E-state index is 0.398. The van der Waals surface area contributed by atoms with Crippen molar-refractivity contribution in [3.05, 3.63) is 63.9 Å². The van der Waals surface area contributed by atoms with E-state index in [1.165, 1.54) is 23.2 Å². The van der Waals surface area contributed by atoms with E-state index < -0.39 is 29.4 Å². The van der Waals surface area contributed by atoms with E-state index in [0.29, 0.717) is 15.7 Å². The van der Waals surface area contributed by atoms with E-state index in [4.69, 9.17) is 0 Å². The zero-order chi connectivity index (χ0) is 19.7. The van der Waals surface area contributed by atoms with Crippen molar-refractivity contribution in [1.82, 2.24) is 9.88 Å². The number of halogens is 4. The van der Waals surface area contributed by atoms with Crippen LogP contribution in [0.3, 0.4) is 0 Å². The lowest BCUT2D eigenvalue weighted by Gasteiger charge is -2.40. The number of benzene rings is 1. The molecule has 4 nitrogen and oxygen atoms in total. The van der Waals surface area contributed by atoms with E-state index in [2.05, 4.69) is 20.9 Å². The van der Waals surface area contributed by atoms with Gasteiger partial charge in [-0.25, -0.2) is 4.79 Å². The predicted octanol–water partition coefficient (Wildman–Crippen LogP) is 5.73. The van der Waals surface area contributed by atoms with Crippen LogP contribution in [0.1, 0.15) is 43.6 Å². The summed E-state index contributed by atoms with van der Waals surface area (Å²) >= 11 is 3.36. The first-order valence-corrected chi connectivity index (χ1v) is 8.52. The SMILES string of the molecule is CC(C)(C)N(C(=O)O)C(c1ccc(C(F)(F)F)cc1)c1ncccc1Br. The largest absolute Gasteiger partial charge is 0.465 e. The van der Waals surface area contributed by atoms with Crippen LogP contribution in [-0.2, 0) is 6.18 Å². The third-order valence-electron chi connectivity index (χ3n) is 3.79. The fraction of sp³-hybridized carbons (Fsp3) is 0.333. The number of nitrogens with zero attached hydrogens (tertiary/aromatic N) is 2. The molecule has 1 unspecified atom stereocenters. The van der Waals surface area contributed by atoms with Gasteiger partial charge in [0.15, 0.2) is 0 Å².